The molecule has 2 aliphatic heterocycles. The van der Waals surface area contributed by atoms with Crippen molar-refractivity contribution in [3.8, 4) is 5.75 Å². The van der Waals surface area contributed by atoms with Gasteiger partial charge in [-0.25, -0.2) is 4.79 Å². The summed E-state index contributed by atoms with van der Waals surface area (Å²) in [5, 5.41) is 6.13. The summed E-state index contributed by atoms with van der Waals surface area (Å²) in [5.41, 5.74) is 0.796. The number of anilines is 1. The van der Waals surface area contributed by atoms with E-state index < -0.39 is 0 Å². The van der Waals surface area contributed by atoms with Crippen LogP contribution in [0.25, 0.3) is 0 Å². The van der Waals surface area contributed by atoms with Crippen molar-refractivity contribution in [2.24, 2.45) is 0 Å². The Morgan fingerprint density at radius 1 is 1.16 bits per heavy atom. The average molecular weight is 345 g/mol. The van der Waals surface area contributed by atoms with Crippen molar-refractivity contribution in [3.63, 3.8) is 0 Å². The van der Waals surface area contributed by atoms with Crippen molar-refractivity contribution in [3.05, 3.63) is 24.3 Å². The first-order chi connectivity index (χ1) is 12.2. The molecule has 0 aromatic heterocycles. The monoisotopic (exact) mass is 345 g/mol. The van der Waals surface area contributed by atoms with Gasteiger partial charge in [-0.3, -0.25) is 4.90 Å². The topological polar surface area (TPSA) is 53.6 Å². The maximum absolute atomic E-state index is 12.4. The number of rotatable bonds is 6. The molecule has 2 saturated heterocycles. The van der Waals surface area contributed by atoms with Crippen molar-refractivity contribution >= 4 is 11.7 Å². The third kappa shape index (κ3) is 4.66. The molecule has 1 aromatic rings. The predicted octanol–water partition coefficient (Wildman–Crippen LogP) is 4.00. The van der Waals surface area contributed by atoms with Crippen LogP contribution in [0, 0.1) is 0 Å². The van der Waals surface area contributed by atoms with E-state index in [9.17, 15) is 4.79 Å². The van der Waals surface area contributed by atoms with Crippen LogP contribution in [0.5, 0.6) is 5.75 Å². The van der Waals surface area contributed by atoms with Crippen molar-refractivity contribution in [2.75, 3.05) is 18.5 Å². The van der Waals surface area contributed by atoms with E-state index in [1.54, 1.807) is 0 Å². The van der Waals surface area contributed by atoms with Crippen LogP contribution in [0.15, 0.2) is 24.3 Å². The number of urea groups is 1. The van der Waals surface area contributed by atoms with Gasteiger partial charge in [-0.05, 0) is 69.8 Å². The van der Waals surface area contributed by atoms with Gasteiger partial charge in [0.2, 0.25) is 0 Å². The predicted molar refractivity (Wildman–Crippen MR) is 101 cm³/mol. The summed E-state index contributed by atoms with van der Waals surface area (Å²) >= 11 is 0. The molecule has 5 nitrogen and oxygen atoms in total. The average Bonchev–Trinajstić information content (AvgIpc) is 2.58. The van der Waals surface area contributed by atoms with Crippen LogP contribution in [-0.2, 0) is 0 Å². The van der Waals surface area contributed by atoms with E-state index in [0.29, 0.717) is 18.7 Å². The zero-order valence-electron chi connectivity index (χ0n) is 15.5. The third-order valence-corrected chi connectivity index (χ3v) is 5.37. The lowest BCUT2D eigenvalue weighted by molar-refractivity contribution is 0.0272. The van der Waals surface area contributed by atoms with Crippen LogP contribution >= 0.6 is 0 Å². The summed E-state index contributed by atoms with van der Waals surface area (Å²) in [6.07, 6.45) is 7.24. The summed E-state index contributed by atoms with van der Waals surface area (Å²) in [6.45, 7) is 6.05. The first-order valence-corrected chi connectivity index (χ1v) is 9.75. The molecule has 3 rings (SSSR count). The molecule has 0 aliphatic carbocycles. The van der Waals surface area contributed by atoms with E-state index in [1.807, 2.05) is 31.2 Å². The fraction of sp³-hybridized carbons (Fsp3) is 0.650. The fourth-order valence-electron chi connectivity index (χ4n) is 4.37. The molecular weight excluding hydrogens is 314 g/mol. The maximum Gasteiger partial charge on any atom is 0.319 e. The molecule has 1 aromatic carbocycles. The number of hydrogen-bond donors (Lipinski definition) is 2. The van der Waals surface area contributed by atoms with E-state index in [0.717, 1.165) is 24.3 Å². The van der Waals surface area contributed by atoms with Crippen LogP contribution in [0.4, 0.5) is 10.5 Å². The Kier molecular flexibility index (Phi) is 6.19. The highest BCUT2D eigenvalue weighted by atomic mass is 16.5. The quantitative estimate of drug-likeness (QED) is 0.819. The number of amides is 2. The Balaban J connectivity index is 1.51. The number of carbonyl (C=O) groups is 1. The van der Waals surface area contributed by atoms with Crippen LogP contribution < -0.4 is 15.4 Å². The number of ether oxygens (including phenoxy) is 1. The number of nitrogens with zero attached hydrogens (tertiary/aromatic N) is 1. The molecule has 2 aliphatic rings. The van der Waals surface area contributed by atoms with E-state index in [-0.39, 0.29) is 12.1 Å². The molecule has 2 bridgehead atoms. The van der Waals surface area contributed by atoms with Gasteiger partial charge in [0, 0.05) is 23.8 Å². The first kappa shape index (κ1) is 18.1. The lowest BCUT2D eigenvalue weighted by Gasteiger charge is -2.49. The minimum atomic E-state index is -0.101. The van der Waals surface area contributed by atoms with Crippen LogP contribution in [0.2, 0.25) is 0 Å². The number of nitrogens with one attached hydrogen (secondary N) is 2. The second kappa shape index (κ2) is 8.56. The smallest absolute Gasteiger partial charge is 0.319 e. The highest BCUT2D eigenvalue weighted by molar-refractivity contribution is 5.89. The minimum Gasteiger partial charge on any atom is -0.494 e. The fourth-order valence-corrected chi connectivity index (χ4v) is 4.37. The molecule has 2 fully saturated rings. The molecule has 0 saturated carbocycles. The van der Waals surface area contributed by atoms with Gasteiger partial charge in [0.25, 0.3) is 0 Å². The number of benzene rings is 1. The molecule has 2 N–H and O–H groups in total. The van der Waals surface area contributed by atoms with Crippen LogP contribution in [0.3, 0.4) is 0 Å². The van der Waals surface area contributed by atoms with E-state index >= 15 is 0 Å². The first-order valence-electron chi connectivity index (χ1n) is 9.75. The molecule has 1 unspecified atom stereocenters. The maximum atomic E-state index is 12.4. The summed E-state index contributed by atoms with van der Waals surface area (Å²) in [4.78, 5) is 15.0. The summed E-state index contributed by atoms with van der Waals surface area (Å²) in [7, 11) is 0. The van der Waals surface area contributed by atoms with Gasteiger partial charge >= 0.3 is 6.03 Å². The van der Waals surface area contributed by atoms with E-state index in [2.05, 4.69) is 22.5 Å². The van der Waals surface area contributed by atoms with E-state index in [1.165, 1.54) is 32.2 Å². The Labute approximate surface area is 151 Å². The lowest BCUT2D eigenvalue weighted by Crippen LogP contribution is -2.57. The van der Waals surface area contributed by atoms with Crippen molar-refractivity contribution in [1.82, 2.24) is 10.2 Å². The van der Waals surface area contributed by atoms with Gasteiger partial charge < -0.3 is 15.4 Å². The Hall–Kier alpha value is -1.75. The van der Waals surface area contributed by atoms with Gasteiger partial charge in [0.1, 0.15) is 5.75 Å². The van der Waals surface area contributed by atoms with Gasteiger partial charge in [-0.1, -0.05) is 13.3 Å². The zero-order chi connectivity index (χ0) is 17.6. The van der Waals surface area contributed by atoms with Gasteiger partial charge in [-0.15, -0.1) is 0 Å². The van der Waals surface area contributed by atoms with Crippen molar-refractivity contribution in [2.45, 2.75) is 70.5 Å². The second-order valence-electron chi connectivity index (χ2n) is 7.20. The zero-order valence-corrected chi connectivity index (χ0v) is 15.5. The Morgan fingerprint density at radius 3 is 2.44 bits per heavy atom. The van der Waals surface area contributed by atoms with Crippen LogP contribution in [0.1, 0.15) is 52.4 Å². The number of hydrogen-bond acceptors (Lipinski definition) is 3. The highest BCUT2D eigenvalue weighted by Gasteiger charge is 2.37. The molecule has 3 atom stereocenters. The minimum absolute atomic E-state index is 0.101. The summed E-state index contributed by atoms with van der Waals surface area (Å²) < 4.78 is 5.43. The Morgan fingerprint density at radius 2 is 1.84 bits per heavy atom. The SMILES string of the molecule is CCCN1[C@@H]2CCC[C@H]1CC(NC(=O)Nc1ccc(OCC)cc1)C2. The number of carbonyl (C=O) groups excluding carboxylic acids is 1. The molecule has 5 heteroatoms. The molecule has 0 spiro atoms. The number of piperidine rings is 2. The van der Waals surface area contributed by atoms with Crippen LogP contribution in [-0.4, -0.2) is 42.2 Å². The lowest BCUT2D eigenvalue weighted by atomic mass is 9.81. The van der Waals surface area contributed by atoms with Gasteiger partial charge in [0.05, 0.1) is 6.61 Å². The summed E-state index contributed by atoms with van der Waals surface area (Å²) in [5.74, 6) is 0.824. The molecule has 2 amide bonds. The Bertz CT molecular complexity index is 547. The third-order valence-electron chi connectivity index (χ3n) is 5.37. The molecule has 0 radical (unpaired) electrons. The van der Waals surface area contributed by atoms with Crippen molar-refractivity contribution in [1.29, 1.82) is 0 Å². The summed E-state index contributed by atoms with van der Waals surface area (Å²) in [6, 6.07) is 8.99. The number of fused-ring (bicyclic) bond motifs is 2. The normalized spacial score (nSPS) is 26.1. The largest absolute Gasteiger partial charge is 0.494 e. The molecule has 138 valence electrons. The highest BCUT2D eigenvalue weighted by Crippen LogP contribution is 2.34. The molecular formula is C20H31N3O2. The van der Waals surface area contributed by atoms with E-state index in [4.69, 9.17) is 4.74 Å². The standard InChI is InChI=1S/C20H31N3O2/c1-3-12-23-17-6-5-7-18(23)14-16(13-17)22-20(24)21-15-8-10-19(11-9-15)25-4-2/h8-11,16-18H,3-7,12-14H2,1-2H3,(H2,21,22,24)/t16?,17-,18+. The second-order valence-corrected chi connectivity index (χ2v) is 7.20. The van der Waals surface area contributed by atoms with Gasteiger partial charge in [0.15, 0.2) is 0 Å². The van der Waals surface area contributed by atoms with Gasteiger partial charge in [-0.2, -0.15) is 0 Å². The molecule has 2 heterocycles. The molecule has 25 heavy (non-hydrogen) atoms. The van der Waals surface area contributed by atoms with Crippen molar-refractivity contribution < 1.29 is 9.53 Å².